The summed E-state index contributed by atoms with van der Waals surface area (Å²) in [6.07, 6.45) is 1.52. The number of benzene rings is 1. The molecule has 1 aromatic heterocycles. The molecule has 9 nitrogen and oxygen atoms in total. The third-order valence-electron chi connectivity index (χ3n) is 3.96. The lowest BCUT2D eigenvalue weighted by atomic mass is 10.2. The molecule has 0 N–H and O–H groups in total. The maximum Gasteiger partial charge on any atom is 0.311 e. The fourth-order valence-corrected chi connectivity index (χ4v) is 2.82. The Morgan fingerprint density at radius 3 is 2.08 bits per heavy atom. The Bertz CT molecular complexity index is 708. The molecule has 0 bridgehead atoms. The van der Waals surface area contributed by atoms with E-state index in [4.69, 9.17) is 0 Å². The van der Waals surface area contributed by atoms with Gasteiger partial charge in [0.25, 0.3) is 5.69 Å². The van der Waals surface area contributed by atoms with Crippen LogP contribution in [0.15, 0.2) is 42.6 Å². The molecule has 124 valence electrons. The molecule has 1 aliphatic heterocycles. The number of pyridine rings is 1. The Kier molecular flexibility index (Phi) is 4.23. The second-order valence-electron chi connectivity index (χ2n) is 5.32. The van der Waals surface area contributed by atoms with Crippen molar-refractivity contribution in [3.05, 3.63) is 62.8 Å². The molecule has 9 heteroatoms. The average molecular weight is 329 g/mol. The van der Waals surface area contributed by atoms with Crippen LogP contribution in [-0.2, 0) is 0 Å². The highest BCUT2D eigenvalue weighted by atomic mass is 16.6. The molecule has 0 atom stereocenters. The first-order valence-electron chi connectivity index (χ1n) is 7.40. The fourth-order valence-electron chi connectivity index (χ4n) is 2.82. The minimum absolute atomic E-state index is 0.0309. The Labute approximate surface area is 137 Å². The van der Waals surface area contributed by atoms with Crippen LogP contribution in [0, 0.1) is 20.2 Å². The highest BCUT2D eigenvalue weighted by molar-refractivity contribution is 5.64. The number of hydrogen-bond acceptors (Lipinski definition) is 7. The predicted molar refractivity (Wildman–Crippen MR) is 88.4 cm³/mol. The summed E-state index contributed by atoms with van der Waals surface area (Å²) in [6.45, 7) is 2.06. The van der Waals surface area contributed by atoms with Crippen molar-refractivity contribution in [2.75, 3.05) is 36.0 Å². The summed E-state index contributed by atoms with van der Waals surface area (Å²) >= 11 is 0. The van der Waals surface area contributed by atoms with Gasteiger partial charge in [-0.2, -0.15) is 0 Å². The van der Waals surface area contributed by atoms with Gasteiger partial charge in [-0.3, -0.25) is 20.2 Å². The van der Waals surface area contributed by atoms with Crippen LogP contribution in [0.25, 0.3) is 0 Å². The van der Waals surface area contributed by atoms with Crippen molar-refractivity contribution in [3.63, 3.8) is 0 Å². The topological polar surface area (TPSA) is 106 Å². The molecule has 1 aliphatic rings. The van der Waals surface area contributed by atoms with Crippen molar-refractivity contribution in [2.45, 2.75) is 0 Å². The summed E-state index contributed by atoms with van der Waals surface area (Å²) in [7, 11) is 0. The van der Waals surface area contributed by atoms with Gasteiger partial charge in [-0.05, 0) is 12.1 Å². The first-order valence-corrected chi connectivity index (χ1v) is 7.40. The highest BCUT2D eigenvalue weighted by Gasteiger charge is 2.27. The summed E-state index contributed by atoms with van der Waals surface area (Å²) in [4.78, 5) is 29.3. The average Bonchev–Trinajstić information content (AvgIpc) is 2.62. The van der Waals surface area contributed by atoms with Gasteiger partial charge in [0.05, 0.1) is 9.85 Å². The summed E-state index contributed by atoms with van der Waals surface area (Å²) < 4.78 is 0. The molecule has 0 spiro atoms. The molecule has 0 saturated carbocycles. The largest absolute Gasteiger partial charge is 0.362 e. The Hall–Kier alpha value is -3.23. The van der Waals surface area contributed by atoms with Gasteiger partial charge in [-0.25, -0.2) is 4.98 Å². The molecule has 1 aromatic carbocycles. The molecule has 1 fully saturated rings. The van der Waals surface area contributed by atoms with Crippen molar-refractivity contribution in [1.82, 2.24) is 4.98 Å². The number of hydrogen-bond donors (Lipinski definition) is 0. The smallest absolute Gasteiger partial charge is 0.311 e. The van der Waals surface area contributed by atoms with E-state index in [1.165, 1.54) is 24.4 Å². The summed E-state index contributed by atoms with van der Waals surface area (Å²) in [5.41, 5.74) is 0.601. The number of aromatic nitrogens is 1. The fraction of sp³-hybridized carbons (Fsp3) is 0.267. The summed E-state index contributed by atoms with van der Waals surface area (Å²) in [6, 6.07) is 9.55. The minimum atomic E-state index is -0.448. The third kappa shape index (κ3) is 2.96. The SMILES string of the molecule is O=[N+]([O-])c1ccccc1N1CCN(c2ncccc2[N+](=O)[O-])CC1. The molecule has 2 heterocycles. The van der Waals surface area contributed by atoms with E-state index in [2.05, 4.69) is 4.98 Å². The van der Waals surface area contributed by atoms with Crippen molar-refractivity contribution >= 4 is 22.9 Å². The van der Waals surface area contributed by atoms with E-state index in [0.717, 1.165) is 0 Å². The van der Waals surface area contributed by atoms with Crippen LogP contribution in [0.1, 0.15) is 0 Å². The number of nitro groups is 2. The summed E-state index contributed by atoms with van der Waals surface area (Å²) in [5, 5.41) is 22.3. The molecule has 2 aromatic rings. The van der Waals surface area contributed by atoms with Crippen LogP contribution in [-0.4, -0.2) is 41.0 Å². The van der Waals surface area contributed by atoms with E-state index in [9.17, 15) is 20.2 Å². The molecular weight excluding hydrogens is 314 g/mol. The third-order valence-corrected chi connectivity index (χ3v) is 3.96. The monoisotopic (exact) mass is 329 g/mol. The Balaban J connectivity index is 1.78. The highest BCUT2D eigenvalue weighted by Crippen LogP contribution is 2.30. The lowest BCUT2D eigenvalue weighted by Crippen LogP contribution is -2.47. The van der Waals surface area contributed by atoms with E-state index >= 15 is 0 Å². The summed E-state index contributed by atoms with van der Waals surface area (Å²) in [5.74, 6) is 0.338. The molecule has 24 heavy (non-hydrogen) atoms. The second kappa shape index (κ2) is 6.49. The zero-order chi connectivity index (χ0) is 17.1. The van der Waals surface area contributed by atoms with Crippen molar-refractivity contribution in [2.24, 2.45) is 0 Å². The number of para-hydroxylation sites is 2. The van der Waals surface area contributed by atoms with E-state index in [1.807, 2.05) is 9.80 Å². The normalized spacial score (nSPS) is 14.5. The molecule has 0 radical (unpaired) electrons. The van der Waals surface area contributed by atoms with Gasteiger partial charge in [0.15, 0.2) is 0 Å². The standard InChI is InChI=1S/C15H15N5O4/c21-19(22)13-5-2-1-4-12(13)17-8-10-18(11-9-17)15-14(20(23)24)6-3-7-16-15/h1-7H,8-11H2. The predicted octanol–water partition coefficient (Wildman–Crippen LogP) is 2.22. The lowest BCUT2D eigenvalue weighted by Gasteiger charge is -2.36. The van der Waals surface area contributed by atoms with Crippen LogP contribution in [0.4, 0.5) is 22.9 Å². The first-order chi connectivity index (χ1) is 11.6. The van der Waals surface area contributed by atoms with Crippen LogP contribution >= 0.6 is 0 Å². The molecule has 0 amide bonds. The zero-order valence-corrected chi connectivity index (χ0v) is 12.7. The van der Waals surface area contributed by atoms with Gasteiger partial charge in [0, 0.05) is 44.5 Å². The number of nitro benzene ring substituents is 1. The number of nitrogens with zero attached hydrogens (tertiary/aromatic N) is 5. The van der Waals surface area contributed by atoms with Gasteiger partial charge in [0.1, 0.15) is 5.69 Å². The quantitative estimate of drug-likeness (QED) is 0.625. The first kappa shape index (κ1) is 15.7. The van der Waals surface area contributed by atoms with Crippen LogP contribution < -0.4 is 9.80 Å². The molecule has 3 rings (SSSR count). The van der Waals surface area contributed by atoms with E-state index < -0.39 is 9.85 Å². The second-order valence-corrected chi connectivity index (χ2v) is 5.32. The molecular formula is C15H15N5O4. The molecule has 1 saturated heterocycles. The van der Waals surface area contributed by atoms with Crippen LogP contribution in [0.5, 0.6) is 0 Å². The van der Waals surface area contributed by atoms with Crippen molar-refractivity contribution in [3.8, 4) is 0 Å². The Morgan fingerprint density at radius 1 is 0.833 bits per heavy atom. The maximum atomic E-state index is 11.2. The number of anilines is 2. The Morgan fingerprint density at radius 2 is 1.42 bits per heavy atom. The van der Waals surface area contributed by atoms with Crippen LogP contribution in [0.2, 0.25) is 0 Å². The van der Waals surface area contributed by atoms with Crippen LogP contribution in [0.3, 0.4) is 0 Å². The van der Waals surface area contributed by atoms with E-state index in [0.29, 0.717) is 37.7 Å². The van der Waals surface area contributed by atoms with Gasteiger partial charge < -0.3 is 9.80 Å². The molecule has 0 unspecified atom stereocenters. The maximum absolute atomic E-state index is 11.2. The van der Waals surface area contributed by atoms with Crippen molar-refractivity contribution < 1.29 is 9.85 Å². The van der Waals surface area contributed by atoms with E-state index in [1.54, 1.807) is 18.2 Å². The zero-order valence-electron chi connectivity index (χ0n) is 12.7. The van der Waals surface area contributed by atoms with Gasteiger partial charge >= 0.3 is 5.69 Å². The van der Waals surface area contributed by atoms with Gasteiger partial charge in [-0.1, -0.05) is 12.1 Å². The molecule has 0 aliphatic carbocycles. The minimum Gasteiger partial charge on any atom is -0.362 e. The van der Waals surface area contributed by atoms with Crippen molar-refractivity contribution in [1.29, 1.82) is 0 Å². The number of piperazine rings is 1. The van der Waals surface area contributed by atoms with Gasteiger partial charge in [0.2, 0.25) is 5.82 Å². The number of rotatable bonds is 4. The lowest BCUT2D eigenvalue weighted by molar-refractivity contribution is -0.384. The van der Waals surface area contributed by atoms with E-state index in [-0.39, 0.29) is 11.4 Å². The van der Waals surface area contributed by atoms with Gasteiger partial charge in [-0.15, -0.1) is 0 Å².